The maximum atomic E-state index is 13.0. The molecule has 3 rings (SSSR count). The van der Waals surface area contributed by atoms with Crippen LogP contribution in [0.3, 0.4) is 0 Å². The van der Waals surface area contributed by atoms with Crippen molar-refractivity contribution in [1.82, 2.24) is 4.98 Å². The number of halogens is 1. The van der Waals surface area contributed by atoms with Crippen LogP contribution in [0, 0.1) is 5.82 Å². The van der Waals surface area contributed by atoms with Crippen molar-refractivity contribution in [2.24, 2.45) is 0 Å². The maximum absolute atomic E-state index is 13.0. The summed E-state index contributed by atoms with van der Waals surface area (Å²) >= 11 is 0. The Hall–Kier alpha value is -1.97. The molecule has 2 aromatic rings. The van der Waals surface area contributed by atoms with Crippen LogP contribution in [0.15, 0.2) is 24.4 Å². The summed E-state index contributed by atoms with van der Waals surface area (Å²) in [6.07, 6.45) is 2.76. The molecule has 0 bridgehead atoms. The summed E-state index contributed by atoms with van der Waals surface area (Å²) in [5, 5.41) is 4.35. The van der Waals surface area contributed by atoms with Crippen molar-refractivity contribution in [2.45, 2.75) is 12.8 Å². The molecular formula is C12H9FN2O. The molecule has 1 aromatic carbocycles. The van der Waals surface area contributed by atoms with E-state index in [9.17, 15) is 9.18 Å². The summed E-state index contributed by atoms with van der Waals surface area (Å²) in [4.78, 5) is 15.6. The zero-order chi connectivity index (χ0) is 11.1. The molecule has 0 radical (unpaired) electrons. The van der Waals surface area contributed by atoms with Gasteiger partial charge < -0.3 is 5.32 Å². The first-order valence-corrected chi connectivity index (χ1v) is 5.11. The van der Waals surface area contributed by atoms with Crippen LogP contribution in [-0.4, -0.2) is 10.9 Å². The van der Waals surface area contributed by atoms with E-state index in [0.717, 1.165) is 16.8 Å². The number of amides is 1. The predicted molar refractivity (Wildman–Crippen MR) is 58.7 cm³/mol. The molecule has 3 nitrogen and oxygen atoms in total. The molecule has 1 amide bonds. The number of carbonyl (C=O) groups excluding carboxylic acids is 1. The lowest BCUT2D eigenvalue weighted by atomic mass is 10.0. The maximum Gasteiger partial charge on any atom is 0.224 e. The smallest absolute Gasteiger partial charge is 0.224 e. The van der Waals surface area contributed by atoms with E-state index in [1.165, 1.54) is 12.1 Å². The second kappa shape index (κ2) is 3.27. The molecule has 0 saturated heterocycles. The first-order chi connectivity index (χ1) is 7.74. The Bertz CT molecular complexity index is 595. The average Bonchev–Trinajstić information content (AvgIpc) is 2.28. The molecule has 1 aliphatic rings. The van der Waals surface area contributed by atoms with Gasteiger partial charge in [-0.1, -0.05) is 0 Å². The molecule has 0 fully saturated rings. The van der Waals surface area contributed by atoms with Crippen molar-refractivity contribution in [3.05, 3.63) is 35.9 Å². The summed E-state index contributed by atoms with van der Waals surface area (Å²) in [7, 11) is 0. The van der Waals surface area contributed by atoms with Gasteiger partial charge in [-0.3, -0.25) is 9.78 Å². The monoisotopic (exact) mass is 216 g/mol. The van der Waals surface area contributed by atoms with Gasteiger partial charge >= 0.3 is 0 Å². The van der Waals surface area contributed by atoms with E-state index in [-0.39, 0.29) is 11.7 Å². The van der Waals surface area contributed by atoms with Gasteiger partial charge in [0.2, 0.25) is 5.91 Å². The lowest BCUT2D eigenvalue weighted by Crippen LogP contribution is -2.20. The van der Waals surface area contributed by atoms with E-state index in [1.807, 2.05) is 0 Å². The third-order valence-corrected chi connectivity index (χ3v) is 2.78. The van der Waals surface area contributed by atoms with Gasteiger partial charge in [0.1, 0.15) is 5.82 Å². The van der Waals surface area contributed by atoms with Gasteiger partial charge in [-0.25, -0.2) is 4.39 Å². The van der Waals surface area contributed by atoms with Gasteiger partial charge in [0, 0.05) is 29.8 Å². The van der Waals surface area contributed by atoms with Crippen LogP contribution in [-0.2, 0) is 11.2 Å². The number of hydrogen-bond donors (Lipinski definition) is 1. The highest BCUT2D eigenvalue weighted by atomic mass is 19.1. The summed E-state index contributed by atoms with van der Waals surface area (Å²) in [6, 6.07) is 4.49. The number of nitrogens with zero attached hydrogens (tertiary/aromatic N) is 1. The highest BCUT2D eigenvalue weighted by Gasteiger charge is 2.18. The SMILES string of the molecule is O=C1CCc2ncc3cc(F)ccc3c2N1. The zero-order valence-corrected chi connectivity index (χ0v) is 8.46. The van der Waals surface area contributed by atoms with E-state index in [1.54, 1.807) is 12.3 Å². The fourth-order valence-corrected chi connectivity index (χ4v) is 2.00. The number of aromatic nitrogens is 1. The minimum absolute atomic E-state index is 0.00822. The van der Waals surface area contributed by atoms with E-state index in [2.05, 4.69) is 10.3 Å². The van der Waals surface area contributed by atoms with E-state index >= 15 is 0 Å². The lowest BCUT2D eigenvalue weighted by molar-refractivity contribution is -0.116. The first kappa shape index (κ1) is 9.27. The number of nitrogens with one attached hydrogen (secondary N) is 1. The Labute approximate surface area is 91.3 Å². The normalized spacial score (nSPS) is 14.7. The summed E-state index contributed by atoms with van der Waals surface area (Å²) < 4.78 is 13.0. The molecule has 0 atom stereocenters. The standard InChI is InChI=1S/C12H9FN2O/c13-8-1-2-9-7(5-8)6-14-10-3-4-11(16)15-12(9)10/h1-2,5-6H,3-4H2,(H,15,16). The van der Waals surface area contributed by atoms with Crippen molar-refractivity contribution < 1.29 is 9.18 Å². The molecule has 80 valence electrons. The van der Waals surface area contributed by atoms with E-state index < -0.39 is 0 Å². The van der Waals surface area contributed by atoms with E-state index in [4.69, 9.17) is 0 Å². The van der Waals surface area contributed by atoms with Gasteiger partial charge in [0.25, 0.3) is 0 Å². The van der Waals surface area contributed by atoms with Crippen LogP contribution in [0.5, 0.6) is 0 Å². The second-order valence-corrected chi connectivity index (χ2v) is 3.86. The number of fused-ring (bicyclic) bond motifs is 3. The lowest BCUT2D eigenvalue weighted by Gasteiger charge is -2.17. The first-order valence-electron chi connectivity index (χ1n) is 5.11. The van der Waals surface area contributed by atoms with Crippen molar-refractivity contribution in [1.29, 1.82) is 0 Å². The molecule has 1 aliphatic heterocycles. The fourth-order valence-electron chi connectivity index (χ4n) is 2.00. The largest absolute Gasteiger partial charge is 0.324 e. The molecule has 0 saturated carbocycles. The molecule has 1 N–H and O–H groups in total. The number of benzene rings is 1. The molecule has 0 spiro atoms. The quantitative estimate of drug-likeness (QED) is 0.733. The number of aryl methyl sites for hydroxylation is 1. The molecule has 2 heterocycles. The van der Waals surface area contributed by atoms with Gasteiger partial charge in [-0.15, -0.1) is 0 Å². The van der Waals surface area contributed by atoms with Crippen LogP contribution in [0.1, 0.15) is 12.1 Å². The number of rotatable bonds is 0. The Morgan fingerprint density at radius 2 is 2.19 bits per heavy atom. The Kier molecular flexibility index (Phi) is 1.89. The van der Waals surface area contributed by atoms with Gasteiger partial charge in [0.15, 0.2) is 0 Å². The van der Waals surface area contributed by atoms with Crippen LogP contribution >= 0.6 is 0 Å². The van der Waals surface area contributed by atoms with Crippen molar-refractivity contribution in [2.75, 3.05) is 5.32 Å². The summed E-state index contributed by atoms with van der Waals surface area (Å²) in [6.45, 7) is 0. The van der Waals surface area contributed by atoms with Gasteiger partial charge in [-0.05, 0) is 18.2 Å². The summed E-state index contributed by atoms with van der Waals surface area (Å²) in [5.41, 5.74) is 1.60. The molecular weight excluding hydrogens is 207 g/mol. The van der Waals surface area contributed by atoms with Gasteiger partial charge in [0.05, 0.1) is 11.4 Å². The number of carbonyl (C=O) groups is 1. The van der Waals surface area contributed by atoms with Gasteiger partial charge in [-0.2, -0.15) is 0 Å². The minimum Gasteiger partial charge on any atom is -0.324 e. The van der Waals surface area contributed by atoms with Crippen molar-refractivity contribution in [3.8, 4) is 0 Å². The third-order valence-electron chi connectivity index (χ3n) is 2.78. The molecule has 0 aliphatic carbocycles. The average molecular weight is 216 g/mol. The Morgan fingerprint density at radius 1 is 1.31 bits per heavy atom. The number of pyridine rings is 1. The Balaban J connectivity index is 2.30. The topological polar surface area (TPSA) is 42.0 Å². The highest BCUT2D eigenvalue weighted by molar-refractivity contribution is 6.04. The highest BCUT2D eigenvalue weighted by Crippen LogP contribution is 2.29. The van der Waals surface area contributed by atoms with Crippen LogP contribution in [0.2, 0.25) is 0 Å². The molecule has 16 heavy (non-hydrogen) atoms. The Morgan fingerprint density at radius 3 is 3.06 bits per heavy atom. The predicted octanol–water partition coefficient (Wildman–Crippen LogP) is 2.26. The second-order valence-electron chi connectivity index (χ2n) is 3.86. The number of anilines is 1. The zero-order valence-electron chi connectivity index (χ0n) is 8.46. The van der Waals surface area contributed by atoms with Crippen LogP contribution in [0.25, 0.3) is 10.8 Å². The van der Waals surface area contributed by atoms with Crippen molar-refractivity contribution in [3.63, 3.8) is 0 Å². The molecule has 4 heteroatoms. The molecule has 0 unspecified atom stereocenters. The molecule has 1 aromatic heterocycles. The van der Waals surface area contributed by atoms with Crippen LogP contribution < -0.4 is 5.32 Å². The fraction of sp³-hybridized carbons (Fsp3) is 0.167. The van der Waals surface area contributed by atoms with Crippen LogP contribution in [0.4, 0.5) is 10.1 Å². The van der Waals surface area contributed by atoms with Crippen molar-refractivity contribution >= 4 is 22.4 Å². The van der Waals surface area contributed by atoms with E-state index in [0.29, 0.717) is 18.2 Å². The minimum atomic E-state index is -0.295. The summed E-state index contributed by atoms with van der Waals surface area (Å²) in [5.74, 6) is -0.303. The number of hydrogen-bond acceptors (Lipinski definition) is 2. The third kappa shape index (κ3) is 1.34.